The zero-order valence-corrected chi connectivity index (χ0v) is 13.8. The number of rotatable bonds is 3. The fourth-order valence-electron chi connectivity index (χ4n) is 2.35. The zero-order valence-electron chi connectivity index (χ0n) is 13.1. The van der Waals surface area contributed by atoms with Crippen LogP contribution in [0.5, 0.6) is 5.75 Å². The van der Waals surface area contributed by atoms with Crippen molar-refractivity contribution in [3.8, 4) is 5.75 Å². The van der Waals surface area contributed by atoms with Gasteiger partial charge in [0.15, 0.2) is 5.76 Å². The van der Waals surface area contributed by atoms with E-state index >= 15 is 0 Å². The maximum atomic E-state index is 12.3. The minimum absolute atomic E-state index is 0.0664. The molecule has 6 heteroatoms. The molecule has 0 aliphatic carbocycles. The molecule has 0 fully saturated rings. The molecule has 0 saturated heterocycles. The van der Waals surface area contributed by atoms with Crippen LogP contribution in [0.2, 0.25) is 5.02 Å². The molecule has 24 heavy (non-hydrogen) atoms. The number of hydrogen-bond acceptors (Lipinski definition) is 4. The molecule has 0 aliphatic heterocycles. The van der Waals surface area contributed by atoms with Crippen molar-refractivity contribution in [2.45, 2.75) is 6.92 Å². The number of carbonyl (C=O) groups is 1. The first-order valence-electron chi connectivity index (χ1n) is 7.17. The number of nitrogens with one attached hydrogen (secondary N) is 1. The van der Waals surface area contributed by atoms with E-state index in [0.717, 1.165) is 5.56 Å². The molecule has 1 N–H and O–H groups in total. The van der Waals surface area contributed by atoms with Gasteiger partial charge in [0.25, 0.3) is 5.91 Å². The summed E-state index contributed by atoms with van der Waals surface area (Å²) in [4.78, 5) is 24.4. The lowest BCUT2D eigenvalue weighted by Gasteiger charge is -2.08. The van der Waals surface area contributed by atoms with E-state index in [0.29, 0.717) is 27.2 Å². The third-order valence-corrected chi connectivity index (χ3v) is 3.85. The number of amides is 1. The third-order valence-electron chi connectivity index (χ3n) is 3.55. The van der Waals surface area contributed by atoms with Crippen LogP contribution < -0.4 is 15.7 Å². The number of ether oxygens (including phenoxy) is 1. The number of anilines is 1. The van der Waals surface area contributed by atoms with E-state index in [1.165, 1.54) is 13.2 Å². The van der Waals surface area contributed by atoms with Gasteiger partial charge in [-0.1, -0.05) is 29.3 Å². The van der Waals surface area contributed by atoms with Crippen LogP contribution in [0.25, 0.3) is 10.8 Å². The van der Waals surface area contributed by atoms with Gasteiger partial charge in [-0.15, -0.1) is 0 Å². The van der Waals surface area contributed by atoms with E-state index in [9.17, 15) is 9.59 Å². The highest BCUT2D eigenvalue weighted by Crippen LogP contribution is 2.27. The highest BCUT2D eigenvalue weighted by molar-refractivity contribution is 6.32. The summed E-state index contributed by atoms with van der Waals surface area (Å²) in [6, 6.07) is 11.8. The number of fused-ring (bicyclic) bond motifs is 1. The zero-order chi connectivity index (χ0) is 17.3. The molecule has 0 saturated carbocycles. The Labute approximate surface area is 142 Å². The van der Waals surface area contributed by atoms with Crippen molar-refractivity contribution in [1.82, 2.24) is 0 Å². The van der Waals surface area contributed by atoms with E-state index in [2.05, 4.69) is 5.32 Å². The van der Waals surface area contributed by atoms with Gasteiger partial charge in [0.2, 0.25) is 0 Å². The molecular weight excluding hydrogens is 330 g/mol. The average Bonchev–Trinajstić information content (AvgIpc) is 2.55. The van der Waals surface area contributed by atoms with Crippen molar-refractivity contribution >= 4 is 34.0 Å². The molecule has 0 atom stereocenters. The summed E-state index contributed by atoms with van der Waals surface area (Å²) in [5, 5.41) is 4.10. The largest absolute Gasteiger partial charge is 0.495 e. The van der Waals surface area contributed by atoms with Crippen LogP contribution in [0, 0.1) is 6.92 Å². The van der Waals surface area contributed by atoms with Crippen LogP contribution in [0.1, 0.15) is 16.1 Å². The molecule has 0 aliphatic rings. The average molecular weight is 344 g/mol. The van der Waals surface area contributed by atoms with Gasteiger partial charge in [-0.05, 0) is 42.6 Å². The van der Waals surface area contributed by atoms with Crippen molar-refractivity contribution in [2.24, 2.45) is 0 Å². The topological polar surface area (TPSA) is 68.5 Å². The number of carbonyl (C=O) groups excluding carboxylic acids is 1. The second-order valence-electron chi connectivity index (χ2n) is 5.29. The Hall–Kier alpha value is -2.79. The van der Waals surface area contributed by atoms with E-state index in [-0.39, 0.29) is 5.76 Å². The smallest absolute Gasteiger partial charge is 0.344 e. The molecule has 0 radical (unpaired) electrons. The van der Waals surface area contributed by atoms with Gasteiger partial charge in [-0.3, -0.25) is 4.79 Å². The predicted molar refractivity (Wildman–Crippen MR) is 93.2 cm³/mol. The standard InChI is InChI=1S/C18H14ClNO4/c1-10-3-4-11-8-16(24-18(22)13(11)7-10)17(21)20-12-5-6-15(23-2)14(19)9-12/h3-9H,1-2H3,(H,20,21). The maximum absolute atomic E-state index is 12.3. The molecule has 1 aromatic heterocycles. The molecule has 5 nitrogen and oxygen atoms in total. The van der Waals surface area contributed by atoms with Gasteiger partial charge in [0, 0.05) is 5.69 Å². The van der Waals surface area contributed by atoms with Crippen molar-refractivity contribution in [2.75, 3.05) is 12.4 Å². The highest BCUT2D eigenvalue weighted by Gasteiger charge is 2.13. The molecule has 1 heterocycles. The summed E-state index contributed by atoms with van der Waals surface area (Å²) in [5.74, 6) is -0.0959. The van der Waals surface area contributed by atoms with E-state index < -0.39 is 11.5 Å². The van der Waals surface area contributed by atoms with Crippen molar-refractivity contribution in [3.05, 3.63) is 69.2 Å². The summed E-state index contributed by atoms with van der Waals surface area (Å²) in [7, 11) is 1.50. The number of benzene rings is 2. The van der Waals surface area contributed by atoms with Crippen LogP contribution in [-0.4, -0.2) is 13.0 Å². The Morgan fingerprint density at radius 3 is 2.67 bits per heavy atom. The fourth-order valence-corrected chi connectivity index (χ4v) is 2.60. The molecule has 1 amide bonds. The molecule has 0 bridgehead atoms. The van der Waals surface area contributed by atoms with Crippen LogP contribution in [0.4, 0.5) is 5.69 Å². The van der Waals surface area contributed by atoms with Crippen LogP contribution in [0.15, 0.2) is 51.7 Å². The monoisotopic (exact) mass is 343 g/mol. The summed E-state index contributed by atoms with van der Waals surface area (Å²) in [5.41, 5.74) is 0.867. The Kier molecular flexibility index (Phi) is 4.27. The molecule has 2 aromatic carbocycles. The van der Waals surface area contributed by atoms with Gasteiger partial charge < -0.3 is 14.5 Å². The Bertz CT molecular complexity index is 994. The fraction of sp³-hybridized carbons (Fsp3) is 0.111. The first-order valence-corrected chi connectivity index (χ1v) is 7.55. The Balaban J connectivity index is 1.93. The number of methoxy groups -OCH3 is 1. The summed E-state index contributed by atoms with van der Waals surface area (Å²) in [6.45, 7) is 1.88. The molecule has 0 unspecified atom stereocenters. The Morgan fingerprint density at radius 2 is 1.96 bits per heavy atom. The van der Waals surface area contributed by atoms with Crippen LogP contribution in [0.3, 0.4) is 0 Å². The predicted octanol–water partition coefficient (Wildman–Crippen LogP) is 4.02. The summed E-state index contributed by atoms with van der Waals surface area (Å²) in [6.07, 6.45) is 0. The third kappa shape index (κ3) is 3.12. The van der Waals surface area contributed by atoms with Gasteiger partial charge in [0.1, 0.15) is 5.75 Å². The second kappa shape index (κ2) is 6.37. The minimum atomic E-state index is -0.547. The first-order chi connectivity index (χ1) is 11.5. The molecule has 3 rings (SSSR count). The van der Waals surface area contributed by atoms with E-state index in [4.69, 9.17) is 20.8 Å². The van der Waals surface area contributed by atoms with Crippen molar-refractivity contribution in [3.63, 3.8) is 0 Å². The summed E-state index contributed by atoms with van der Waals surface area (Å²) >= 11 is 6.03. The molecule has 0 spiro atoms. The van der Waals surface area contributed by atoms with E-state index in [1.54, 1.807) is 30.3 Å². The van der Waals surface area contributed by atoms with Gasteiger partial charge in [0.05, 0.1) is 17.5 Å². The number of hydrogen-bond donors (Lipinski definition) is 1. The van der Waals surface area contributed by atoms with Gasteiger partial charge in [-0.25, -0.2) is 4.79 Å². The molecule has 122 valence electrons. The normalized spacial score (nSPS) is 10.6. The lowest BCUT2D eigenvalue weighted by Crippen LogP contribution is -2.15. The number of aryl methyl sites for hydroxylation is 1. The Morgan fingerprint density at radius 1 is 1.17 bits per heavy atom. The quantitative estimate of drug-likeness (QED) is 0.780. The maximum Gasteiger partial charge on any atom is 0.344 e. The molecule has 3 aromatic rings. The van der Waals surface area contributed by atoms with Crippen LogP contribution in [-0.2, 0) is 0 Å². The highest BCUT2D eigenvalue weighted by atomic mass is 35.5. The van der Waals surface area contributed by atoms with Gasteiger partial charge in [-0.2, -0.15) is 0 Å². The SMILES string of the molecule is COc1ccc(NC(=O)c2cc3ccc(C)cc3c(=O)o2)cc1Cl. The lowest BCUT2D eigenvalue weighted by molar-refractivity contribution is 0.0993. The first kappa shape index (κ1) is 16.1. The molecular formula is C18H14ClNO4. The lowest BCUT2D eigenvalue weighted by atomic mass is 10.1. The van der Waals surface area contributed by atoms with Crippen molar-refractivity contribution < 1.29 is 13.9 Å². The number of halogens is 1. The van der Waals surface area contributed by atoms with E-state index in [1.807, 2.05) is 13.0 Å². The second-order valence-corrected chi connectivity index (χ2v) is 5.70. The van der Waals surface area contributed by atoms with Crippen molar-refractivity contribution in [1.29, 1.82) is 0 Å². The van der Waals surface area contributed by atoms with Crippen LogP contribution >= 0.6 is 11.6 Å². The minimum Gasteiger partial charge on any atom is -0.495 e. The van der Waals surface area contributed by atoms with Gasteiger partial charge >= 0.3 is 5.63 Å². The summed E-state index contributed by atoms with van der Waals surface area (Å²) < 4.78 is 10.2.